The zero-order chi connectivity index (χ0) is 42.7. The van der Waals surface area contributed by atoms with Crippen molar-refractivity contribution in [1.82, 2.24) is 0 Å². The normalized spacial score (nSPS) is 12.7. The fraction of sp³-hybridized carbons (Fsp3) is 0.981. The van der Waals surface area contributed by atoms with Gasteiger partial charge in [0.25, 0.3) is 0 Å². The van der Waals surface area contributed by atoms with Gasteiger partial charge in [0.15, 0.2) is 0 Å². The molecule has 0 radical (unpaired) electrons. The van der Waals surface area contributed by atoms with Crippen LogP contribution < -0.4 is 0 Å². The van der Waals surface area contributed by atoms with E-state index in [-0.39, 0.29) is 17.3 Å². The fourth-order valence-electron chi connectivity index (χ4n) is 8.24. The SMILES string of the molecule is CCCCCCCCCCCCCCCCCCCCC(CCCCCCCCCCCCCCCCCCCC)ON=C(C)CCC(C)(C)OCCC(C)(C)OC. The highest BCUT2D eigenvalue weighted by Gasteiger charge is 2.22. The lowest BCUT2D eigenvalue weighted by molar-refractivity contribution is -0.0604. The Morgan fingerprint density at radius 3 is 1.00 bits per heavy atom. The van der Waals surface area contributed by atoms with E-state index < -0.39 is 0 Å². The standard InChI is InChI=1S/C54H109NO3/c1-9-11-13-15-17-19-21-23-25-27-29-31-33-35-37-39-41-43-45-52(58-55-51(3)47-48-54(6,7)57-50-49-53(4,5)56-8)46-44-42-40-38-36-34-32-30-28-26-24-22-20-18-16-14-12-10-2/h52H,9-50H2,1-8H3. The van der Waals surface area contributed by atoms with Crippen molar-refractivity contribution in [2.45, 2.75) is 329 Å². The highest BCUT2D eigenvalue weighted by atomic mass is 16.6. The Balaban J connectivity index is 4.28. The van der Waals surface area contributed by atoms with Crippen molar-refractivity contribution in [3.63, 3.8) is 0 Å². The smallest absolute Gasteiger partial charge is 0.127 e. The van der Waals surface area contributed by atoms with E-state index in [1.54, 1.807) is 7.11 Å². The molecule has 0 bridgehead atoms. The Kier molecular flexibility index (Phi) is 42.6. The monoisotopic (exact) mass is 820 g/mol. The molecule has 0 heterocycles. The maximum absolute atomic E-state index is 6.31. The molecule has 0 aromatic rings. The minimum absolute atomic E-state index is 0.145. The van der Waals surface area contributed by atoms with Gasteiger partial charge in [0.1, 0.15) is 6.10 Å². The molecule has 0 aliphatic rings. The number of oxime groups is 1. The number of rotatable bonds is 48. The second-order valence-electron chi connectivity index (χ2n) is 20.0. The van der Waals surface area contributed by atoms with Crippen LogP contribution in [0.25, 0.3) is 0 Å². The zero-order valence-electron chi connectivity index (χ0n) is 41.4. The average molecular weight is 820 g/mol. The Labute approximate surface area is 366 Å². The number of unbranched alkanes of at least 4 members (excludes halogenated alkanes) is 34. The first kappa shape index (κ1) is 57.4. The van der Waals surface area contributed by atoms with Crippen LogP contribution in [0.1, 0.15) is 312 Å². The molecule has 0 amide bonds. The quantitative estimate of drug-likeness (QED) is 0.0349. The molecule has 0 aliphatic heterocycles. The first-order chi connectivity index (χ1) is 28.2. The molecule has 348 valence electrons. The van der Waals surface area contributed by atoms with Gasteiger partial charge in [-0.25, -0.2) is 0 Å². The van der Waals surface area contributed by atoms with E-state index in [1.807, 2.05) is 0 Å². The maximum Gasteiger partial charge on any atom is 0.127 e. The lowest BCUT2D eigenvalue weighted by Crippen LogP contribution is -2.30. The zero-order valence-corrected chi connectivity index (χ0v) is 41.4. The van der Waals surface area contributed by atoms with Crippen molar-refractivity contribution in [2.75, 3.05) is 13.7 Å². The van der Waals surface area contributed by atoms with Crippen LogP contribution in [0.5, 0.6) is 0 Å². The summed E-state index contributed by atoms with van der Waals surface area (Å²) < 4.78 is 11.8. The van der Waals surface area contributed by atoms with E-state index in [0.717, 1.165) is 37.8 Å². The van der Waals surface area contributed by atoms with Crippen molar-refractivity contribution in [1.29, 1.82) is 0 Å². The first-order valence-corrected chi connectivity index (χ1v) is 26.5. The molecule has 0 fully saturated rings. The number of hydrogen-bond acceptors (Lipinski definition) is 4. The fourth-order valence-corrected chi connectivity index (χ4v) is 8.24. The van der Waals surface area contributed by atoms with Crippen LogP contribution >= 0.6 is 0 Å². The molecule has 0 unspecified atom stereocenters. The van der Waals surface area contributed by atoms with Gasteiger partial charge in [-0.2, -0.15) is 0 Å². The highest BCUT2D eigenvalue weighted by Crippen LogP contribution is 2.23. The van der Waals surface area contributed by atoms with Crippen LogP contribution in [-0.2, 0) is 14.3 Å². The summed E-state index contributed by atoms with van der Waals surface area (Å²) in [5, 5.41) is 4.70. The van der Waals surface area contributed by atoms with E-state index in [2.05, 4.69) is 48.5 Å². The third-order valence-corrected chi connectivity index (χ3v) is 13.0. The molecule has 0 saturated carbocycles. The van der Waals surface area contributed by atoms with Crippen LogP contribution in [0.3, 0.4) is 0 Å². The lowest BCUT2D eigenvalue weighted by Gasteiger charge is -2.29. The first-order valence-electron chi connectivity index (χ1n) is 26.5. The van der Waals surface area contributed by atoms with Gasteiger partial charge in [-0.15, -0.1) is 0 Å². The number of nitrogens with zero attached hydrogens (tertiary/aromatic N) is 1. The van der Waals surface area contributed by atoms with Crippen LogP contribution in [0.4, 0.5) is 0 Å². The summed E-state index contributed by atoms with van der Waals surface area (Å²) in [7, 11) is 1.78. The van der Waals surface area contributed by atoms with E-state index in [1.165, 1.54) is 231 Å². The van der Waals surface area contributed by atoms with E-state index in [4.69, 9.17) is 19.5 Å². The van der Waals surface area contributed by atoms with Crippen molar-refractivity contribution in [2.24, 2.45) is 5.16 Å². The highest BCUT2D eigenvalue weighted by molar-refractivity contribution is 5.81. The summed E-state index contributed by atoms with van der Waals surface area (Å²) in [6.07, 6.45) is 56.5. The predicted octanol–water partition coefficient (Wildman–Crippen LogP) is 19.0. The molecule has 0 aliphatic carbocycles. The number of ether oxygens (including phenoxy) is 2. The van der Waals surface area contributed by atoms with Gasteiger partial charge in [-0.3, -0.25) is 0 Å². The topological polar surface area (TPSA) is 40.0 Å². The molecule has 0 saturated heterocycles. The van der Waals surface area contributed by atoms with Gasteiger partial charge in [0, 0.05) is 7.11 Å². The van der Waals surface area contributed by atoms with Crippen LogP contribution in [0.2, 0.25) is 0 Å². The van der Waals surface area contributed by atoms with Crippen LogP contribution in [0, 0.1) is 0 Å². The summed E-state index contributed by atoms with van der Waals surface area (Å²) in [6, 6.07) is 0. The summed E-state index contributed by atoms with van der Waals surface area (Å²) in [4.78, 5) is 6.31. The third-order valence-electron chi connectivity index (χ3n) is 13.0. The molecule has 0 atom stereocenters. The van der Waals surface area contributed by atoms with Gasteiger partial charge in [-0.05, 0) is 79.6 Å². The number of hydrogen-bond donors (Lipinski definition) is 0. The molecule has 58 heavy (non-hydrogen) atoms. The largest absolute Gasteiger partial charge is 0.393 e. The van der Waals surface area contributed by atoms with E-state index >= 15 is 0 Å². The molecular formula is C54H109NO3. The van der Waals surface area contributed by atoms with Crippen molar-refractivity contribution >= 4 is 5.71 Å². The second-order valence-corrected chi connectivity index (χ2v) is 20.0. The molecule has 4 heteroatoms. The second kappa shape index (κ2) is 43.1. The molecule has 0 aromatic carbocycles. The van der Waals surface area contributed by atoms with Crippen molar-refractivity contribution < 1.29 is 14.3 Å². The molecule has 0 spiro atoms. The van der Waals surface area contributed by atoms with Crippen molar-refractivity contribution in [3.8, 4) is 0 Å². The van der Waals surface area contributed by atoms with E-state index in [0.29, 0.717) is 6.61 Å². The number of methoxy groups -OCH3 is 1. The van der Waals surface area contributed by atoms with Gasteiger partial charge in [0.05, 0.1) is 23.5 Å². The van der Waals surface area contributed by atoms with E-state index in [9.17, 15) is 0 Å². The summed E-state index contributed by atoms with van der Waals surface area (Å²) in [5.74, 6) is 0. The molecular weight excluding hydrogens is 711 g/mol. The summed E-state index contributed by atoms with van der Waals surface area (Å²) in [6.45, 7) is 16.1. The Morgan fingerprint density at radius 2 is 0.707 bits per heavy atom. The molecule has 4 nitrogen and oxygen atoms in total. The minimum Gasteiger partial charge on any atom is -0.393 e. The van der Waals surface area contributed by atoms with Gasteiger partial charge in [-0.1, -0.05) is 237 Å². The Bertz CT molecular complexity index is 798. The summed E-state index contributed by atoms with van der Waals surface area (Å²) in [5.41, 5.74) is 0.767. The Hall–Kier alpha value is -0.610. The third kappa shape index (κ3) is 43.5. The average Bonchev–Trinajstić information content (AvgIpc) is 3.20. The maximum atomic E-state index is 6.31. The summed E-state index contributed by atoms with van der Waals surface area (Å²) >= 11 is 0. The van der Waals surface area contributed by atoms with Gasteiger partial charge in [0.2, 0.25) is 0 Å². The molecule has 0 rings (SSSR count). The Morgan fingerprint density at radius 1 is 0.414 bits per heavy atom. The van der Waals surface area contributed by atoms with Crippen LogP contribution in [-0.4, -0.2) is 36.7 Å². The molecule has 0 aromatic heterocycles. The van der Waals surface area contributed by atoms with Crippen LogP contribution in [0.15, 0.2) is 5.16 Å². The molecule has 0 N–H and O–H groups in total. The minimum atomic E-state index is -0.181. The van der Waals surface area contributed by atoms with Gasteiger partial charge < -0.3 is 14.3 Å². The lowest BCUT2D eigenvalue weighted by atomic mass is 10.00. The predicted molar refractivity (Wildman–Crippen MR) is 260 cm³/mol. The van der Waals surface area contributed by atoms with Gasteiger partial charge >= 0.3 is 0 Å². The van der Waals surface area contributed by atoms with Crippen molar-refractivity contribution in [3.05, 3.63) is 0 Å².